The average Bonchev–Trinajstić information content (AvgIpc) is 2.83. The second kappa shape index (κ2) is 4.72. The van der Waals surface area contributed by atoms with Gasteiger partial charge in [0, 0.05) is 6.20 Å². The van der Waals surface area contributed by atoms with Crippen LogP contribution in [0, 0.1) is 5.92 Å². The molecule has 0 N–H and O–H groups in total. The van der Waals surface area contributed by atoms with Crippen molar-refractivity contribution in [2.45, 2.75) is 32.1 Å². The zero-order valence-corrected chi connectivity index (χ0v) is 9.95. The molecule has 1 saturated carbocycles. The van der Waals surface area contributed by atoms with Gasteiger partial charge in [0.25, 0.3) is 0 Å². The molecule has 18 heavy (non-hydrogen) atoms. The molecule has 6 heteroatoms. The number of aromatic nitrogens is 4. The summed E-state index contributed by atoms with van der Waals surface area (Å²) in [7, 11) is 0. The van der Waals surface area contributed by atoms with Crippen LogP contribution in [-0.4, -0.2) is 26.1 Å². The highest BCUT2D eigenvalue weighted by Crippen LogP contribution is 2.24. The van der Waals surface area contributed by atoms with Crippen LogP contribution in [0.3, 0.4) is 0 Å². The Morgan fingerprint density at radius 3 is 3.00 bits per heavy atom. The lowest BCUT2D eigenvalue weighted by Gasteiger charge is -2.18. The van der Waals surface area contributed by atoms with E-state index in [4.69, 9.17) is 4.84 Å². The fourth-order valence-electron chi connectivity index (χ4n) is 2.30. The Bertz CT molecular complexity index is 560. The maximum absolute atomic E-state index is 12.0. The van der Waals surface area contributed by atoms with Gasteiger partial charge in [-0.1, -0.05) is 19.3 Å². The van der Waals surface area contributed by atoms with Crippen LogP contribution in [0.5, 0.6) is 0 Å². The summed E-state index contributed by atoms with van der Waals surface area (Å²) in [6, 6.07) is 3.55. The van der Waals surface area contributed by atoms with Crippen LogP contribution in [0.15, 0.2) is 18.3 Å². The van der Waals surface area contributed by atoms with Crippen LogP contribution >= 0.6 is 0 Å². The molecule has 0 aromatic carbocycles. The SMILES string of the molecule is O=C(On1nnc2cccnc21)C1CCCCC1. The summed E-state index contributed by atoms with van der Waals surface area (Å²) < 4.78 is 0. The highest BCUT2D eigenvalue weighted by molar-refractivity contribution is 5.74. The summed E-state index contributed by atoms with van der Waals surface area (Å²) >= 11 is 0. The molecule has 0 unspecified atom stereocenters. The minimum absolute atomic E-state index is 0.0123. The minimum Gasteiger partial charge on any atom is -0.315 e. The van der Waals surface area contributed by atoms with Crippen LogP contribution in [0.1, 0.15) is 32.1 Å². The van der Waals surface area contributed by atoms with Crippen LogP contribution in [-0.2, 0) is 4.79 Å². The van der Waals surface area contributed by atoms with Crippen molar-refractivity contribution in [2.24, 2.45) is 5.92 Å². The number of fused-ring (bicyclic) bond motifs is 1. The van der Waals surface area contributed by atoms with E-state index in [9.17, 15) is 4.79 Å². The summed E-state index contributed by atoms with van der Waals surface area (Å²) in [5, 5.41) is 7.68. The van der Waals surface area contributed by atoms with Crippen LogP contribution in [0.4, 0.5) is 0 Å². The van der Waals surface area contributed by atoms with E-state index in [0.717, 1.165) is 30.5 Å². The van der Waals surface area contributed by atoms with Crippen molar-refractivity contribution in [1.29, 1.82) is 0 Å². The molecule has 6 nitrogen and oxygen atoms in total. The normalized spacial score (nSPS) is 16.9. The van der Waals surface area contributed by atoms with Gasteiger partial charge in [-0.2, -0.15) is 0 Å². The second-order valence-corrected chi connectivity index (χ2v) is 4.55. The van der Waals surface area contributed by atoms with Crippen LogP contribution in [0.2, 0.25) is 0 Å². The molecule has 0 amide bonds. The summed E-state index contributed by atoms with van der Waals surface area (Å²) in [6.07, 6.45) is 6.82. The number of rotatable bonds is 2. The third kappa shape index (κ3) is 2.05. The molecule has 94 valence electrons. The Labute approximate surface area is 104 Å². The lowest BCUT2D eigenvalue weighted by Crippen LogP contribution is -2.29. The third-order valence-corrected chi connectivity index (χ3v) is 3.30. The van der Waals surface area contributed by atoms with Gasteiger partial charge in [-0.3, -0.25) is 0 Å². The number of nitrogens with zero attached hydrogens (tertiary/aromatic N) is 4. The van der Waals surface area contributed by atoms with Crippen molar-refractivity contribution in [2.75, 3.05) is 0 Å². The van der Waals surface area contributed by atoms with E-state index in [2.05, 4.69) is 15.3 Å². The van der Waals surface area contributed by atoms with E-state index in [-0.39, 0.29) is 11.9 Å². The van der Waals surface area contributed by atoms with Crippen molar-refractivity contribution < 1.29 is 9.63 Å². The van der Waals surface area contributed by atoms with Crippen molar-refractivity contribution >= 4 is 17.1 Å². The van der Waals surface area contributed by atoms with E-state index < -0.39 is 0 Å². The van der Waals surface area contributed by atoms with Gasteiger partial charge in [0.05, 0.1) is 5.92 Å². The lowest BCUT2D eigenvalue weighted by atomic mass is 9.89. The predicted molar refractivity (Wildman–Crippen MR) is 63.5 cm³/mol. The molecule has 0 aliphatic heterocycles. The fraction of sp³-hybridized carbons (Fsp3) is 0.500. The van der Waals surface area contributed by atoms with Gasteiger partial charge in [0.15, 0.2) is 0 Å². The van der Waals surface area contributed by atoms with Gasteiger partial charge in [-0.15, -0.1) is 5.10 Å². The first-order chi connectivity index (χ1) is 8.84. The monoisotopic (exact) mass is 246 g/mol. The Morgan fingerprint density at radius 2 is 2.17 bits per heavy atom. The second-order valence-electron chi connectivity index (χ2n) is 4.55. The molecule has 2 aromatic heterocycles. The summed E-state index contributed by atoms with van der Waals surface area (Å²) in [6.45, 7) is 0. The first-order valence-electron chi connectivity index (χ1n) is 6.23. The van der Waals surface area contributed by atoms with E-state index in [1.807, 2.05) is 0 Å². The minimum atomic E-state index is -0.229. The summed E-state index contributed by atoms with van der Waals surface area (Å²) in [5.74, 6) is -0.242. The van der Waals surface area contributed by atoms with E-state index in [1.165, 1.54) is 6.42 Å². The molecule has 1 aliphatic carbocycles. The van der Waals surface area contributed by atoms with Crippen molar-refractivity contribution in [1.82, 2.24) is 20.1 Å². The van der Waals surface area contributed by atoms with Crippen molar-refractivity contribution in [3.63, 3.8) is 0 Å². The molecule has 1 aliphatic rings. The van der Waals surface area contributed by atoms with Gasteiger partial charge in [0.1, 0.15) is 5.52 Å². The molecular weight excluding hydrogens is 232 g/mol. The molecule has 2 heterocycles. The van der Waals surface area contributed by atoms with Gasteiger partial charge in [-0.25, -0.2) is 9.78 Å². The molecule has 2 aromatic rings. The first kappa shape index (κ1) is 11.1. The van der Waals surface area contributed by atoms with Crippen molar-refractivity contribution in [3.05, 3.63) is 18.3 Å². The van der Waals surface area contributed by atoms with Crippen molar-refractivity contribution in [3.8, 4) is 0 Å². The predicted octanol–water partition coefficient (Wildman–Crippen LogP) is 1.36. The molecule has 0 saturated heterocycles. The topological polar surface area (TPSA) is 69.9 Å². The third-order valence-electron chi connectivity index (χ3n) is 3.30. The Morgan fingerprint density at radius 1 is 1.33 bits per heavy atom. The van der Waals surface area contributed by atoms with E-state index in [0.29, 0.717) is 11.2 Å². The zero-order chi connectivity index (χ0) is 12.4. The van der Waals surface area contributed by atoms with E-state index >= 15 is 0 Å². The number of pyridine rings is 1. The molecule has 3 rings (SSSR count). The fourth-order valence-corrected chi connectivity index (χ4v) is 2.30. The zero-order valence-electron chi connectivity index (χ0n) is 9.95. The number of carbonyl (C=O) groups is 1. The maximum Gasteiger partial charge on any atom is 0.338 e. The maximum atomic E-state index is 12.0. The van der Waals surface area contributed by atoms with Gasteiger partial charge in [-0.05, 0) is 35.0 Å². The van der Waals surface area contributed by atoms with Gasteiger partial charge < -0.3 is 4.84 Å². The quantitative estimate of drug-likeness (QED) is 0.748. The number of hydrogen-bond acceptors (Lipinski definition) is 5. The smallest absolute Gasteiger partial charge is 0.315 e. The lowest BCUT2D eigenvalue weighted by molar-refractivity contribution is -0.151. The molecule has 0 atom stereocenters. The average molecular weight is 246 g/mol. The van der Waals surface area contributed by atoms with Crippen LogP contribution in [0.25, 0.3) is 11.2 Å². The number of carbonyl (C=O) groups excluding carboxylic acids is 1. The molecule has 1 fully saturated rings. The summed E-state index contributed by atoms with van der Waals surface area (Å²) in [4.78, 5) is 22.4. The molecular formula is C12H14N4O2. The Kier molecular flexibility index (Phi) is 2.92. The number of hydrogen-bond donors (Lipinski definition) is 0. The van der Waals surface area contributed by atoms with Gasteiger partial charge >= 0.3 is 5.97 Å². The highest BCUT2D eigenvalue weighted by atomic mass is 16.7. The van der Waals surface area contributed by atoms with Crippen LogP contribution < -0.4 is 4.84 Å². The molecule has 0 spiro atoms. The Balaban J connectivity index is 1.77. The first-order valence-corrected chi connectivity index (χ1v) is 6.23. The Hall–Kier alpha value is -1.98. The highest BCUT2D eigenvalue weighted by Gasteiger charge is 2.24. The van der Waals surface area contributed by atoms with E-state index in [1.54, 1.807) is 18.3 Å². The van der Waals surface area contributed by atoms with Gasteiger partial charge in [0.2, 0.25) is 5.65 Å². The standard InChI is InChI=1S/C12H14N4O2/c17-12(9-5-2-1-3-6-9)18-16-11-10(14-15-16)7-4-8-13-11/h4,7-9H,1-3,5-6H2. The summed E-state index contributed by atoms with van der Waals surface area (Å²) in [5.41, 5.74) is 1.09. The molecule has 0 bridgehead atoms. The largest absolute Gasteiger partial charge is 0.338 e. The molecule has 0 radical (unpaired) electrons.